The molecule has 1 saturated heterocycles. The number of aromatic nitrogens is 4. The van der Waals surface area contributed by atoms with Crippen LogP contribution >= 0.6 is 11.6 Å². The Kier molecular flexibility index (Phi) is 3.01. The van der Waals surface area contributed by atoms with Gasteiger partial charge in [0.2, 0.25) is 0 Å². The van der Waals surface area contributed by atoms with Crippen molar-refractivity contribution in [2.24, 2.45) is 7.05 Å². The van der Waals surface area contributed by atoms with Gasteiger partial charge in [0.05, 0.1) is 18.5 Å². The van der Waals surface area contributed by atoms with Crippen LogP contribution < -0.4 is 0 Å². The summed E-state index contributed by atoms with van der Waals surface area (Å²) in [6, 6.07) is 1.76. The predicted octanol–water partition coefficient (Wildman–Crippen LogP) is 2.03. The summed E-state index contributed by atoms with van der Waals surface area (Å²) in [6.45, 7) is 1.44. The molecule has 1 atom stereocenters. The first-order valence-corrected chi connectivity index (χ1v) is 6.21. The zero-order chi connectivity index (χ0) is 12.5. The molecule has 1 fully saturated rings. The van der Waals surface area contributed by atoms with Crippen LogP contribution in [0, 0.1) is 0 Å². The largest absolute Gasteiger partial charge is 0.381 e. The van der Waals surface area contributed by atoms with Crippen LogP contribution in [0.3, 0.4) is 0 Å². The summed E-state index contributed by atoms with van der Waals surface area (Å²) in [5, 5.41) is 4.60. The molecular weight excluding hydrogens is 252 g/mol. The minimum absolute atomic E-state index is 0.249. The van der Waals surface area contributed by atoms with Crippen molar-refractivity contribution in [1.82, 2.24) is 19.7 Å². The van der Waals surface area contributed by atoms with E-state index < -0.39 is 0 Å². The van der Waals surface area contributed by atoms with Gasteiger partial charge < -0.3 is 4.74 Å². The molecule has 2 aromatic rings. The molecule has 0 saturated carbocycles. The average molecular weight is 265 g/mol. The zero-order valence-electron chi connectivity index (χ0n) is 10.0. The van der Waals surface area contributed by atoms with Gasteiger partial charge in [0, 0.05) is 37.4 Å². The molecule has 0 amide bonds. The number of hydrogen-bond donors (Lipinski definition) is 0. The van der Waals surface area contributed by atoms with Crippen LogP contribution in [0.15, 0.2) is 18.5 Å². The Bertz CT molecular complexity index is 563. The Balaban J connectivity index is 1.99. The van der Waals surface area contributed by atoms with Gasteiger partial charge in [-0.2, -0.15) is 5.10 Å². The highest BCUT2D eigenvalue weighted by molar-refractivity contribution is 6.29. The first kappa shape index (κ1) is 11.6. The van der Waals surface area contributed by atoms with E-state index in [1.54, 1.807) is 16.9 Å². The second-order valence-electron chi connectivity index (χ2n) is 4.40. The minimum Gasteiger partial charge on any atom is -0.381 e. The standard InChI is InChI=1S/C12H13ClN4O/c1-17-6-9(5-14-17)10-4-11(13)16-12(15-10)8-2-3-18-7-8/h4-6,8H,2-3,7H2,1H3. The zero-order valence-corrected chi connectivity index (χ0v) is 10.8. The summed E-state index contributed by atoms with van der Waals surface area (Å²) in [4.78, 5) is 8.87. The second kappa shape index (κ2) is 4.66. The Hall–Kier alpha value is -1.46. The van der Waals surface area contributed by atoms with Crippen LogP contribution in [0.2, 0.25) is 5.15 Å². The van der Waals surface area contributed by atoms with Gasteiger partial charge in [-0.05, 0) is 6.42 Å². The normalized spacial score (nSPS) is 19.3. The molecule has 2 aromatic heterocycles. The molecule has 0 bridgehead atoms. The summed E-state index contributed by atoms with van der Waals surface area (Å²) < 4.78 is 7.10. The van der Waals surface area contributed by atoms with Gasteiger partial charge in [-0.15, -0.1) is 0 Å². The van der Waals surface area contributed by atoms with E-state index >= 15 is 0 Å². The molecule has 5 nitrogen and oxygen atoms in total. The third-order valence-electron chi connectivity index (χ3n) is 3.01. The molecule has 0 aliphatic carbocycles. The molecule has 1 aliphatic heterocycles. The second-order valence-corrected chi connectivity index (χ2v) is 4.78. The third-order valence-corrected chi connectivity index (χ3v) is 3.20. The van der Waals surface area contributed by atoms with Gasteiger partial charge in [0.25, 0.3) is 0 Å². The lowest BCUT2D eigenvalue weighted by Gasteiger charge is -2.08. The molecule has 1 unspecified atom stereocenters. The molecular formula is C12H13ClN4O. The lowest BCUT2D eigenvalue weighted by Crippen LogP contribution is -2.05. The molecule has 1 aliphatic rings. The van der Waals surface area contributed by atoms with Crippen LogP contribution in [-0.4, -0.2) is 33.0 Å². The molecule has 3 heterocycles. The summed E-state index contributed by atoms with van der Waals surface area (Å²) in [6.07, 6.45) is 4.63. The van der Waals surface area contributed by atoms with Gasteiger partial charge in [-0.1, -0.05) is 11.6 Å². The molecule has 3 rings (SSSR count). The topological polar surface area (TPSA) is 52.8 Å². The Morgan fingerprint density at radius 3 is 3.00 bits per heavy atom. The lowest BCUT2D eigenvalue weighted by molar-refractivity contribution is 0.193. The fourth-order valence-electron chi connectivity index (χ4n) is 2.06. The van der Waals surface area contributed by atoms with Crippen LogP contribution in [-0.2, 0) is 11.8 Å². The summed E-state index contributed by atoms with van der Waals surface area (Å²) in [7, 11) is 1.87. The maximum atomic E-state index is 6.07. The Morgan fingerprint density at radius 1 is 1.44 bits per heavy atom. The number of hydrogen-bond acceptors (Lipinski definition) is 4. The molecule has 18 heavy (non-hydrogen) atoms. The number of nitrogens with zero attached hydrogens (tertiary/aromatic N) is 4. The van der Waals surface area contributed by atoms with E-state index in [0.717, 1.165) is 30.1 Å². The minimum atomic E-state index is 0.249. The highest BCUT2D eigenvalue weighted by Crippen LogP contribution is 2.26. The van der Waals surface area contributed by atoms with Crippen molar-refractivity contribution < 1.29 is 4.74 Å². The predicted molar refractivity (Wildman–Crippen MR) is 67.4 cm³/mol. The van der Waals surface area contributed by atoms with Crippen molar-refractivity contribution in [2.45, 2.75) is 12.3 Å². The molecule has 0 N–H and O–H groups in total. The van der Waals surface area contributed by atoms with Crippen LogP contribution in [0.4, 0.5) is 0 Å². The lowest BCUT2D eigenvalue weighted by atomic mass is 10.1. The average Bonchev–Trinajstić information content (AvgIpc) is 2.98. The van der Waals surface area contributed by atoms with Gasteiger partial charge in [-0.3, -0.25) is 4.68 Å². The fraction of sp³-hybridized carbons (Fsp3) is 0.417. The summed E-state index contributed by atoms with van der Waals surface area (Å²) in [5.74, 6) is 1.01. The van der Waals surface area contributed by atoms with E-state index in [0.29, 0.717) is 11.8 Å². The smallest absolute Gasteiger partial charge is 0.136 e. The van der Waals surface area contributed by atoms with Crippen molar-refractivity contribution in [2.75, 3.05) is 13.2 Å². The SMILES string of the molecule is Cn1cc(-c2cc(Cl)nc(C3CCOC3)n2)cn1. The fourth-order valence-corrected chi connectivity index (χ4v) is 2.25. The van der Waals surface area contributed by atoms with Crippen LogP contribution in [0.5, 0.6) is 0 Å². The van der Waals surface area contributed by atoms with Crippen LogP contribution in [0.25, 0.3) is 11.3 Å². The highest BCUT2D eigenvalue weighted by atomic mass is 35.5. The molecule has 0 aromatic carbocycles. The van der Waals surface area contributed by atoms with Crippen molar-refractivity contribution in [3.63, 3.8) is 0 Å². The first-order chi connectivity index (χ1) is 8.72. The van der Waals surface area contributed by atoms with Gasteiger partial charge in [0.1, 0.15) is 11.0 Å². The van der Waals surface area contributed by atoms with E-state index in [9.17, 15) is 0 Å². The van der Waals surface area contributed by atoms with Crippen molar-refractivity contribution in [1.29, 1.82) is 0 Å². The van der Waals surface area contributed by atoms with Crippen molar-refractivity contribution in [3.8, 4) is 11.3 Å². The van der Waals surface area contributed by atoms with E-state index in [4.69, 9.17) is 16.3 Å². The molecule has 94 valence electrons. The Labute approximate surface area is 110 Å². The van der Waals surface area contributed by atoms with E-state index in [1.807, 2.05) is 13.2 Å². The number of rotatable bonds is 2. The number of halogens is 1. The van der Waals surface area contributed by atoms with E-state index in [2.05, 4.69) is 15.1 Å². The maximum absolute atomic E-state index is 6.07. The van der Waals surface area contributed by atoms with Crippen molar-refractivity contribution >= 4 is 11.6 Å². The number of aryl methyl sites for hydroxylation is 1. The highest BCUT2D eigenvalue weighted by Gasteiger charge is 2.21. The van der Waals surface area contributed by atoms with Gasteiger partial charge in [0.15, 0.2) is 0 Å². The van der Waals surface area contributed by atoms with Crippen molar-refractivity contribution in [3.05, 3.63) is 29.4 Å². The van der Waals surface area contributed by atoms with Gasteiger partial charge >= 0.3 is 0 Å². The Morgan fingerprint density at radius 2 is 2.33 bits per heavy atom. The van der Waals surface area contributed by atoms with Crippen LogP contribution in [0.1, 0.15) is 18.2 Å². The molecule has 0 radical (unpaired) electrons. The third kappa shape index (κ3) is 2.23. The van der Waals surface area contributed by atoms with Gasteiger partial charge in [-0.25, -0.2) is 9.97 Å². The van der Waals surface area contributed by atoms with E-state index in [-0.39, 0.29) is 5.92 Å². The monoisotopic (exact) mass is 264 g/mol. The first-order valence-electron chi connectivity index (χ1n) is 5.83. The number of ether oxygens (including phenoxy) is 1. The quantitative estimate of drug-likeness (QED) is 0.779. The maximum Gasteiger partial charge on any atom is 0.136 e. The molecule has 0 spiro atoms. The summed E-state index contributed by atoms with van der Waals surface area (Å²) in [5.41, 5.74) is 1.76. The van der Waals surface area contributed by atoms with E-state index in [1.165, 1.54) is 0 Å². The molecule has 6 heteroatoms. The summed E-state index contributed by atoms with van der Waals surface area (Å²) >= 11 is 6.07.